The molecule has 4 heterocycles. The zero-order chi connectivity index (χ0) is 28.1. The Hall–Kier alpha value is -4.51. The molecule has 1 N–H and O–H groups in total. The smallest absolute Gasteiger partial charge is 0.227 e. The van der Waals surface area contributed by atoms with Crippen LogP contribution in [0.4, 0.5) is 14.5 Å². The van der Waals surface area contributed by atoms with E-state index in [1.165, 1.54) is 12.1 Å². The molecule has 2 aromatic carbocycles. The maximum absolute atomic E-state index is 14.8. The first kappa shape index (κ1) is 25.5. The average Bonchev–Trinajstić information content (AvgIpc) is 3.55. The number of hydrogen-bond donors (Lipinski definition) is 1. The number of rotatable bonds is 6. The molecule has 0 spiro atoms. The van der Waals surface area contributed by atoms with Gasteiger partial charge in [-0.3, -0.25) is 9.36 Å². The van der Waals surface area contributed by atoms with Crippen molar-refractivity contribution >= 4 is 22.8 Å². The van der Waals surface area contributed by atoms with Crippen molar-refractivity contribution in [2.24, 2.45) is 5.92 Å². The van der Waals surface area contributed by atoms with Gasteiger partial charge in [0.1, 0.15) is 29.2 Å². The third-order valence-corrected chi connectivity index (χ3v) is 7.91. The standard InChI is InChI=1S/C30H28F2N8O/c1-38-8-6-23(7-9-38)40-16-28(36-37-40)20-12-27-29(33-15-20)39(17-34-27)24-11-19(25-5-4-21(31)13-26(25)32)10-22(14-24)35-30(41)18-2-3-18/h4-5,10-18,23H,2-3,6-9H2,1H3,(H,35,41). The molecule has 11 heteroatoms. The van der Waals surface area contributed by atoms with Gasteiger partial charge in [-0.25, -0.2) is 23.4 Å². The van der Waals surface area contributed by atoms with E-state index in [9.17, 15) is 13.6 Å². The van der Waals surface area contributed by atoms with Crippen molar-refractivity contribution in [2.75, 3.05) is 25.5 Å². The van der Waals surface area contributed by atoms with Crippen LogP contribution in [0.25, 0.3) is 39.2 Å². The normalized spacial score (nSPS) is 16.4. The summed E-state index contributed by atoms with van der Waals surface area (Å²) in [5.41, 5.74) is 4.65. The number of carbonyl (C=O) groups is 1. The van der Waals surface area contributed by atoms with E-state index < -0.39 is 11.6 Å². The highest BCUT2D eigenvalue weighted by Crippen LogP contribution is 2.34. The lowest BCUT2D eigenvalue weighted by molar-refractivity contribution is -0.117. The predicted octanol–water partition coefficient (Wildman–Crippen LogP) is 5.24. The van der Waals surface area contributed by atoms with E-state index in [1.54, 1.807) is 35.3 Å². The maximum Gasteiger partial charge on any atom is 0.227 e. The number of amides is 1. The number of anilines is 1. The van der Waals surface area contributed by atoms with Crippen LogP contribution in [0.2, 0.25) is 0 Å². The zero-order valence-corrected chi connectivity index (χ0v) is 22.5. The molecule has 9 nitrogen and oxygen atoms in total. The Labute approximate surface area is 234 Å². The number of piperidine rings is 1. The van der Waals surface area contributed by atoms with Crippen molar-refractivity contribution in [3.05, 3.63) is 72.8 Å². The number of nitrogens with one attached hydrogen (secondary N) is 1. The van der Waals surface area contributed by atoms with Gasteiger partial charge in [-0.2, -0.15) is 0 Å². The van der Waals surface area contributed by atoms with Crippen LogP contribution in [0.5, 0.6) is 0 Å². The minimum absolute atomic E-state index is 0.00348. The van der Waals surface area contributed by atoms with Crippen LogP contribution in [0.1, 0.15) is 31.7 Å². The summed E-state index contributed by atoms with van der Waals surface area (Å²) in [6.45, 7) is 2.07. The molecule has 1 aliphatic carbocycles. The van der Waals surface area contributed by atoms with Gasteiger partial charge in [-0.1, -0.05) is 5.21 Å². The third kappa shape index (κ3) is 5.08. The molecule has 2 aliphatic rings. The molecule has 0 atom stereocenters. The summed E-state index contributed by atoms with van der Waals surface area (Å²) in [4.78, 5) is 24.1. The lowest BCUT2D eigenvalue weighted by Crippen LogP contribution is -2.31. The first-order valence-electron chi connectivity index (χ1n) is 13.8. The molecular weight excluding hydrogens is 526 g/mol. The minimum atomic E-state index is -0.687. The number of halogens is 2. The number of aromatic nitrogens is 6. The summed E-state index contributed by atoms with van der Waals surface area (Å²) < 4.78 is 32.1. The first-order chi connectivity index (χ1) is 19.9. The highest BCUT2D eigenvalue weighted by Gasteiger charge is 2.30. The highest BCUT2D eigenvalue weighted by atomic mass is 19.1. The summed E-state index contributed by atoms with van der Waals surface area (Å²) in [5.74, 6) is -1.42. The molecule has 1 saturated carbocycles. The second kappa shape index (κ2) is 10.2. The molecule has 208 valence electrons. The number of fused-ring (bicyclic) bond motifs is 1. The van der Waals surface area contributed by atoms with E-state index in [1.807, 2.05) is 16.9 Å². The van der Waals surface area contributed by atoms with Crippen molar-refractivity contribution in [3.8, 4) is 28.1 Å². The quantitative estimate of drug-likeness (QED) is 0.309. The second-order valence-electron chi connectivity index (χ2n) is 11.0. The lowest BCUT2D eigenvalue weighted by Gasteiger charge is -2.28. The van der Waals surface area contributed by atoms with E-state index in [2.05, 4.69) is 32.6 Å². The fourth-order valence-corrected chi connectivity index (χ4v) is 5.37. The molecule has 0 unspecified atom stereocenters. The Morgan fingerprint density at radius 3 is 2.59 bits per heavy atom. The largest absolute Gasteiger partial charge is 0.326 e. The molecule has 5 aromatic rings. The van der Waals surface area contributed by atoms with Crippen molar-refractivity contribution in [1.82, 2.24) is 34.4 Å². The first-order valence-corrected chi connectivity index (χ1v) is 13.8. The molecule has 0 bridgehead atoms. The highest BCUT2D eigenvalue weighted by molar-refractivity contribution is 5.95. The van der Waals surface area contributed by atoms with Gasteiger partial charge in [0.2, 0.25) is 5.91 Å². The van der Waals surface area contributed by atoms with Crippen LogP contribution in [0, 0.1) is 17.6 Å². The summed E-state index contributed by atoms with van der Waals surface area (Å²) in [6, 6.07) is 11.0. The Morgan fingerprint density at radius 2 is 1.80 bits per heavy atom. The molecule has 7 rings (SSSR count). The van der Waals surface area contributed by atoms with Gasteiger partial charge in [-0.15, -0.1) is 5.10 Å². The Bertz CT molecular complexity index is 1770. The fraction of sp³-hybridized carbons (Fsp3) is 0.300. The van der Waals surface area contributed by atoms with E-state index in [-0.39, 0.29) is 17.4 Å². The average molecular weight is 555 g/mol. The SMILES string of the molecule is CN1CCC(n2cc(-c3cnc4c(c3)ncn4-c3cc(NC(=O)C4CC4)cc(-c4ccc(F)cc4F)c3)nn2)CC1. The number of likely N-dealkylation sites (tertiary alicyclic amines) is 1. The zero-order valence-electron chi connectivity index (χ0n) is 22.5. The van der Waals surface area contributed by atoms with Gasteiger partial charge in [-0.05, 0) is 87.8 Å². The monoisotopic (exact) mass is 554 g/mol. The van der Waals surface area contributed by atoms with E-state index in [4.69, 9.17) is 4.98 Å². The van der Waals surface area contributed by atoms with Gasteiger partial charge in [0.15, 0.2) is 5.65 Å². The van der Waals surface area contributed by atoms with Crippen LogP contribution in [-0.2, 0) is 4.79 Å². The van der Waals surface area contributed by atoms with Gasteiger partial charge in [0.25, 0.3) is 0 Å². The van der Waals surface area contributed by atoms with Crippen LogP contribution in [0.3, 0.4) is 0 Å². The summed E-state index contributed by atoms with van der Waals surface area (Å²) in [5, 5.41) is 11.7. The van der Waals surface area contributed by atoms with E-state index in [0.29, 0.717) is 34.1 Å². The second-order valence-corrected chi connectivity index (χ2v) is 11.0. The molecule has 1 amide bonds. The maximum atomic E-state index is 14.8. The van der Waals surface area contributed by atoms with Crippen molar-refractivity contribution in [3.63, 3.8) is 0 Å². The summed E-state index contributed by atoms with van der Waals surface area (Å²) in [7, 11) is 2.13. The molecule has 1 saturated heterocycles. The number of carbonyl (C=O) groups excluding carboxylic acids is 1. The number of hydrogen-bond acceptors (Lipinski definition) is 6. The van der Waals surface area contributed by atoms with Crippen LogP contribution in [-0.4, -0.2) is 60.5 Å². The Kier molecular flexibility index (Phi) is 6.30. The van der Waals surface area contributed by atoms with E-state index in [0.717, 1.165) is 56.1 Å². The molecule has 41 heavy (non-hydrogen) atoms. The summed E-state index contributed by atoms with van der Waals surface area (Å²) >= 11 is 0. The Morgan fingerprint density at radius 1 is 0.976 bits per heavy atom. The predicted molar refractivity (Wildman–Crippen MR) is 150 cm³/mol. The molecular formula is C30H28F2N8O. The van der Waals surface area contributed by atoms with Gasteiger partial charge < -0.3 is 10.2 Å². The lowest BCUT2D eigenvalue weighted by atomic mass is 10.0. The summed E-state index contributed by atoms with van der Waals surface area (Å²) in [6.07, 6.45) is 9.12. The molecule has 1 aliphatic heterocycles. The fourth-order valence-electron chi connectivity index (χ4n) is 5.37. The van der Waals surface area contributed by atoms with Gasteiger partial charge in [0.05, 0.1) is 17.9 Å². The van der Waals surface area contributed by atoms with Crippen molar-refractivity contribution < 1.29 is 13.6 Å². The topological polar surface area (TPSA) is 93.8 Å². The number of imidazole rings is 1. The number of nitrogens with zero attached hydrogens (tertiary/aromatic N) is 7. The van der Waals surface area contributed by atoms with Crippen molar-refractivity contribution in [1.29, 1.82) is 0 Å². The van der Waals surface area contributed by atoms with Gasteiger partial charge in [0, 0.05) is 35.0 Å². The van der Waals surface area contributed by atoms with Crippen LogP contribution < -0.4 is 5.32 Å². The van der Waals surface area contributed by atoms with E-state index >= 15 is 0 Å². The molecule has 2 fully saturated rings. The Balaban J connectivity index is 1.23. The van der Waals surface area contributed by atoms with Crippen molar-refractivity contribution in [2.45, 2.75) is 31.7 Å². The van der Waals surface area contributed by atoms with Crippen LogP contribution >= 0.6 is 0 Å². The molecule has 3 aromatic heterocycles. The third-order valence-electron chi connectivity index (χ3n) is 7.91. The minimum Gasteiger partial charge on any atom is -0.326 e. The van der Waals surface area contributed by atoms with Crippen LogP contribution in [0.15, 0.2) is 61.2 Å². The molecule has 0 radical (unpaired) electrons. The number of pyridine rings is 1. The van der Waals surface area contributed by atoms with Gasteiger partial charge >= 0.3 is 0 Å². The number of benzene rings is 2.